The predicted molar refractivity (Wildman–Crippen MR) is 91.1 cm³/mol. The zero-order valence-corrected chi connectivity index (χ0v) is 14.0. The Hall–Kier alpha value is -2.27. The van der Waals surface area contributed by atoms with Crippen molar-refractivity contribution in [2.24, 2.45) is 0 Å². The molecule has 1 aromatic carbocycles. The maximum Gasteiger partial charge on any atom is 0.323 e. The highest BCUT2D eigenvalue weighted by atomic mass is 16.5. The number of benzene rings is 1. The molecular formula is C18H24N2O4. The molecule has 6 heteroatoms. The SMILES string of the molecule is C=CCO[C@@H](CCCOCc1ccc(OC)cc1)CC(=O)C=[N+]=[N-]. The number of ketones is 1. The van der Waals surface area contributed by atoms with Crippen LogP contribution in [0.2, 0.25) is 0 Å². The molecule has 1 rings (SSSR count). The van der Waals surface area contributed by atoms with Crippen LogP contribution >= 0.6 is 0 Å². The first-order chi connectivity index (χ1) is 11.7. The number of Topliss-reactive ketones (excluding diaryl/α,β-unsaturated/α-hetero) is 1. The summed E-state index contributed by atoms with van der Waals surface area (Å²) < 4.78 is 16.3. The zero-order valence-electron chi connectivity index (χ0n) is 14.0. The number of methoxy groups -OCH3 is 1. The average molecular weight is 332 g/mol. The minimum atomic E-state index is -0.272. The number of nitrogens with zero attached hydrogens (tertiary/aromatic N) is 2. The first-order valence-electron chi connectivity index (χ1n) is 7.83. The maximum atomic E-state index is 11.5. The lowest BCUT2D eigenvalue weighted by Crippen LogP contribution is -2.19. The second-order valence-corrected chi connectivity index (χ2v) is 5.20. The molecule has 0 radical (unpaired) electrons. The molecule has 0 saturated heterocycles. The highest BCUT2D eigenvalue weighted by molar-refractivity contribution is 6.25. The van der Waals surface area contributed by atoms with E-state index in [9.17, 15) is 4.79 Å². The van der Waals surface area contributed by atoms with Crippen molar-refractivity contribution in [3.8, 4) is 5.75 Å². The summed E-state index contributed by atoms with van der Waals surface area (Å²) in [5.74, 6) is 0.544. The van der Waals surface area contributed by atoms with E-state index < -0.39 is 0 Å². The van der Waals surface area contributed by atoms with E-state index in [1.54, 1.807) is 13.2 Å². The summed E-state index contributed by atoms with van der Waals surface area (Å²) in [6.07, 6.45) is 3.92. The monoisotopic (exact) mass is 332 g/mol. The molecule has 0 aromatic heterocycles. The molecule has 0 amide bonds. The number of carbonyl (C=O) groups excluding carboxylic acids is 1. The van der Waals surface area contributed by atoms with E-state index in [1.165, 1.54) is 0 Å². The summed E-state index contributed by atoms with van der Waals surface area (Å²) in [6.45, 7) is 5.07. The molecule has 0 N–H and O–H groups in total. The Balaban J connectivity index is 2.28. The van der Waals surface area contributed by atoms with E-state index in [0.29, 0.717) is 26.2 Å². The molecule has 0 saturated carbocycles. The fourth-order valence-electron chi connectivity index (χ4n) is 2.11. The molecule has 24 heavy (non-hydrogen) atoms. The van der Waals surface area contributed by atoms with Gasteiger partial charge >= 0.3 is 6.21 Å². The molecule has 0 spiro atoms. The van der Waals surface area contributed by atoms with E-state index in [2.05, 4.69) is 11.4 Å². The van der Waals surface area contributed by atoms with Gasteiger partial charge in [-0.05, 0) is 30.5 Å². The molecule has 0 aliphatic carbocycles. The molecule has 0 fully saturated rings. The Morgan fingerprint density at radius 2 is 2.12 bits per heavy atom. The summed E-state index contributed by atoms with van der Waals surface area (Å²) in [6, 6.07) is 7.71. The van der Waals surface area contributed by atoms with Gasteiger partial charge in [0.25, 0.3) is 0 Å². The number of rotatable bonds is 13. The van der Waals surface area contributed by atoms with E-state index in [0.717, 1.165) is 23.9 Å². The van der Waals surface area contributed by atoms with Crippen LogP contribution in [0.3, 0.4) is 0 Å². The van der Waals surface area contributed by atoms with Gasteiger partial charge in [0.15, 0.2) is 0 Å². The van der Waals surface area contributed by atoms with Crippen LogP contribution in [0.1, 0.15) is 24.8 Å². The minimum Gasteiger partial charge on any atom is -0.497 e. The van der Waals surface area contributed by atoms with Gasteiger partial charge in [-0.3, -0.25) is 4.79 Å². The summed E-state index contributed by atoms with van der Waals surface area (Å²) in [7, 11) is 1.63. The lowest BCUT2D eigenvalue weighted by Gasteiger charge is -2.15. The van der Waals surface area contributed by atoms with Gasteiger partial charge in [0, 0.05) is 13.0 Å². The van der Waals surface area contributed by atoms with Crippen molar-refractivity contribution >= 4 is 12.0 Å². The molecule has 6 nitrogen and oxygen atoms in total. The molecular weight excluding hydrogens is 308 g/mol. The topological polar surface area (TPSA) is 81.2 Å². The van der Waals surface area contributed by atoms with Crippen molar-refractivity contribution < 1.29 is 23.8 Å². The first-order valence-corrected chi connectivity index (χ1v) is 7.83. The Morgan fingerprint density at radius 1 is 1.38 bits per heavy atom. The zero-order chi connectivity index (χ0) is 17.6. The molecule has 0 heterocycles. The van der Waals surface area contributed by atoms with E-state index in [4.69, 9.17) is 19.7 Å². The summed E-state index contributed by atoms with van der Waals surface area (Å²) >= 11 is 0. The standard InChI is InChI=1S/C18H24N2O4/c1-3-10-24-18(12-16(21)13-20-19)5-4-11-23-14-15-6-8-17(22-2)9-7-15/h3,6-9,13,18H,1,4-5,10-12,14H2,2H3/t18-/m0/s1. The summed E-state index contributed by atoms with van der Waals surface area (Å²) in [5, 5.41) is 0. The third-order valence-corrected chi connectivity index (χ3v) is 3.32. The van der Waals surface area contributed by atoms with Gasteiger partial charge in [0.05, 0.1) is 26.4 Å². The molecule has 0 aliphatic rings. The fraction of sp³-hybridized carbons (Fsp3) is 0.444. The van der Waals surface area contributed by atoms with Gasteiger partial charge in [0.1, 0.15) is 5.75 Å². The second-order valence-electron chi connectivity index (χ2n) is 5.20. The van der Waals surface area contributed by atoms with Crippen LogP contribution in [-0.4, -0.2) is 43.2 Å². The maximum absolute atomic E-state index is 11.5. The number of carbonyl (C=O) groups is 1. The minimum absolute atomic E-state index is 0.177. The smallest absolute Gasteiger partial charge is 0.323 e. The van der Waals surface area contributed by atoms with Crippen molar-refractivity contribution in [2.45, 2.75) is 32.0 Å². The lowest BCUT2D eigenvalue weighted by atomic mass is 10.1. The van der Waals surface area contributed by atoms with Gasteiger partial charge < -0.3 is 19.7 Å². The van der Waals surface area contributed by atoms with Crippen molar-refractivity contribution in [3.63, 3.8) is 0 Å². The van der Waals surface area contributed by atoms with Crippen LogP contribution in [0, 0.1) is 0 Å². The Morgan fingerprint density at radius 3 is 2.75 bits per heavy atom. The Kier molecular flexibility index (Phi) is 10.0. The second kappa shape index (κ2) is 12.2. The number of hydrogen-bond acceptors (Lipinski definition) is 4. The van der Waals surface area contributed by atoms with Crippen molar-refractivity contribution in [2.75, 3.05) is 20.3 Å². The predicted octanol–water partition coefficient (Wildman–Crippen LogP) is 2.82. The van der Waals surface area contributed by atoms with Gasteiger partial charge in [-0.2, -0.15) is 4.79 Å². The summed E-state index contributed by atoms with van der Waals surface area (Å²) in [4.78, 5) is 14.2. The van der Waals surface area contributed by atoms with Gasteiger partial charge in [0.2, 0.25) is 5.78 Å². The van der Waals surface area contributed by atoms with Crippen LogP contribution in [0.25, 0.3) is 5.53 Å². The average Bonchev–Trinajstić information content (AvgIpc) is 2.59. The Labute approximate surface area is 142 Å². The normalized spacial score (nSPS) is 11.4. The molecule has 1 atom stereocenters. The molecule has 0 bridgehead atoms. The van der Waals surface area contributed by atoms with Crippen LogP contribution < -0.4 is 4.74 Å². The number of hydrogen-bond donors (Lipinski definition) is 0. The first kappa shape index (κ1) is 19.8. The van der Waals surface area contributed by atoms with E-state index >= 15 is 0 Å². The highest BCUT2D eigenvalue weighted by Crippen LogP contribution is 2.13. The van der Waals surface area contributed by atoms with Crippen LogP contribution in [0.4, 0.5) is 0 Å². The lowest BCUT2D eigenvalue weighted by molar-refractivity contribution is -0.118. The molecule has 0 unspecified atom stereocenters. The third-order valence-electron chi connectivity index (χ3n) is 3.32. The fourth-order valence-corrected chi connectivity index (χ4v) is 2.11. The van der Waals surface area contributed by atoms with Crippen LogP contribution in [0.15, 0.2) is 36.9 Å². The third kappa shape index (κ3) is 8.39. The quantitative estimate of drug-likeness (QED) is 0.183. The van der Waals surface area contributed by atoms with Gasteiger partial charge in [-0.1, -0.05) is 18.2 Å². The van der Waals surface area contributed by atoms with E-state index in [1.807, 2.05) is 24.3 Å². The Bertz CT molecular complexity index is 551. The van der Waals surface area contributed by atoms with Crippen molar-refractivity contribution in [1.82, 2.24) is 0 Å². The van der Waals surface area contributed by atoms with Crippen molar-refractivity contribution in [3.05, 3.63) is 48.0 Å². The van der Waals surface area contributed by atoms with Crippen LogP contribution in [-0.2, 0) is 20.9 Å². The number of ether oxygens (including phenoxy) is 3. The van der Waals surface area contributed by atoms with Gasteiger partial charge in [-0.25, -0.2) is 0 Å². The van der Waals surface area contributed by atoms with E-state index in [-0.39, 0.29) is 18.3 Å². The molecule has 0 aliphatic heterocycles. The van der Waals surface area contributed by atoms with Crippen molar-refractivity contribution in [1.29, 1.82) is 0 Å². The summed E-state index contributed by atoms with van der Waals surface area (Å²) in [5.41, 5.74) is 9.45. The molecule has 1 aromatic rings. The van der Waals surface area contributed by atoms with Crippen LogP contribution in [0.5, 0.6) is 5.75 Å². The molecule has 130 valence electrons. The highest BCUT2D eigenvalue weighted by Gasteiger charge is 2.15. The van der Waals surface area contributed by atoms with Gasteiger partial charge in [-0.15, -0.1) is 6.58 Å². The largest absolute Gasteiger partial charge is 0.497 e.